The van der Waals surface area contributed by atoms with Crippen molar-refractivity contribution in [1.82, 2.24) is 0 Å². The first-order chi connectivity index (χ1) is 20.2. The van der Waals surface area contributed by atoms with Gasteiger partial charge in [0.2, 0.25) is 0 Å². The minimum atomic E-state index is -3.94. The number of aryl methyl sites for hydroxylation is 1. The third-order valence-electron chi connectivity index (χ3n) is 7.92. The van der Waals surface area contributed by atoms with E-state index in [0.29, 0.717) is 32.5 Å². The Labute approximate surface area is 260 Å². The lowest BCUT2D eigenvalue weighted by molar-refractivity contribution is -0.109. The Morgan fingerprint density at radius 2 is 1.65 bits per heavy atom. The van der Waals surface area contributed by atoms with Crippen LogP contribution >= 0.6 is 0 Å². The highest BCUT2D eigenvalue weighted by atomic mass is 32.2. The molecule has 8 nitrogen and oxygen atoms in total. The summed E-state index contributed by atoms with van der Waals surface area (Å²) in [6.07, 6.45) is 2.85. The van der Waals surface area contributed by atoms with E-state index in [-0.39, 0.29) is 35.4 Å². The summed E-state index contributed by atoms with van der Waals surface area (Å²) in [6, 6.07) is 14.4. The normalized spacial score (nSPS) is 14.7. The smallest absolute Gasteiger partial charge is 0.296 e. The third-order valence-corrected chi connectivity index (χ3v) is 13.7. The van der Waals surface area contributed by atoms with Crippen molar-refractivity contribution in [3.63, 3.8) is 0 Å². The maximum atomic E-state index is 13.0. The van der Waals surface area contributed by atoms with Gasteiger partial charge in [0, 0.05) is 25.7 Å². The van der Waals surface area contributed by atoms with Gasteiger partial charge in [0.05, 0.1) is 31.3 Å². The van der Waals surface area contributed by atoms with Crippen molar-refractivity contribution in [2.75, 3.05) is 34.2 Å². The zero-order valence-electron chi connectivity index (χ0n) is 27.3. The third kappa shape index (κ3) is 12.5. The van der Waals surface area contributed by atoms with Gasteiger partial charge in [0.15, 0.2) is 8.32 Å². The van der Waals surface area contributed by atoms with Crippen molar-refractivity contribution < 1.29 is 36.0 Å². The van der Waals surface area contributed by atoms with E-state index in [1.165, 1.54) is 0 Å². The summed E-state index contributed by atoms with van der Waals surface area (Å²) < 4.78 is 61.1. The fourth-order valence-corrected chi connectivity index (χ4v) is 6.61. The quantitative estimate of drug-likeness (QED) is 0.0493. The van der Waals surface area contributed by atoms with Crippen LogP contribution < -0.4 is 4.74 Å². The van der Waals surface area contributed by atoms with E-state index in [4.69, 9.17) is 27.6 Å². The average Bonchev–Trinajstić information content (AvgIpc) is 2.95. The Morgan fingerprint density at radius 1 is 1.00 bits per heavy atom. The molecule has 0 amide bonds. The number of hydrogen-bond acceptors (Lipinski definition) is 8. The summed E-state index contributed by atoms with van der Waals surface area (Å²) in [5, 5.41) is 0.00380. The number of benzene rings is 2. The van der Waals surface area contributed by atoms with Crippen LogP contribution in [0.25, 0.3) is 0 Å². The van der Waals surface area contributed by atoms with Gasteiger partial charge in [-0.1, -0.05) is 56.7 Å². The molecule has 0 unspecified atom stereocenters. The van der Waals surface area contributed by atoms with Gasteiger partial charge in [0.1, 0.15) is 12.5 Å². The zero-order chi connectivity index (χ0) is 32.1. The molecule has 0 spiro atoms. The Hall–Kier alpha value is -2.05. The lowest BCUT2D eigenvalue weighted by Crippen LogP contribution is -2.45. The zero-order valence-corrected chi connectivity index (χ0v) is 29.1. The molecule has 2 aromatic carbocycles. The molecule has 0 radical (unpaired) electrons. The SMILES string of the molecule is C=CC[C@H](COS(=O)(=O)c1ccc(C)cc1)[C@@H](C[C@@H](CCOCc1ccc(OC)cc1)O[Si](C)(C)C(C)(C)C)OCOC. The van der Waals surface area contributed by atoms with Crippen LogP contribution in [0.1, 0.15) is 51.2 Å². The van der Waals surface area contributed by atoms with Gasteiger partial charge in [-0.05, 0) is 74.1 Å². The molecule has 0 aliphatic rings. The maximum absolute atomic E-state index is 13.0. The molecule has 2 aromatic rings. The molecule has 0 aromatic heterocycles. The Balaban J connectivity index is 2.20. The fourth-order valence-electron chi connectivity index (χ4n) is 4.25. The Bertz CT molecular complexity index is 1190. The van der Waals surface area contributed by atoms with E-state index in [9.17, 15) is 8.42 Å². The summed E-state index contributed by atoms with van der Waals surface area (Å²) in [6.45, 7) is 17.8. The molecule has 10 heteroatoms. The van der Waals surface area contributed by atoms with Crippen molar-refractivity contribution >= 4 is 18.4 Å². The number of methoxy groups -OCH3 is 2. The van der Waals surface area contributed by atoms with Crippen molar-refractivity contribution in [1.29, 1.82) is 0 Å². The second kappa shape index (κ2) is 17.4. The van der Waals surface area contributed by atoms with Gasteiger partial charge in [-0.15, -0.1) is 6.58 Å². The predicted molar refractivity (Wildman–Crippen MR) is 173 cm³/mol. The summed E-state index contributed by atoms with van der Waals surface area (Å²) in [4.78, 5) is 0.123. The van der Waals surface area contributed by atoms with E-state index in [0.717, 1.165) is 16.9 Å². The van der Waals surface area contributed by atoms with Crippen LogP contribution in [-0.4, -0.2) is 63.2 Å². The Kier molecular flexibility index (Phi) is 15.1. The topological polar surface area (TPSA) is 89.5 Å². The van der Waals surface area contributed by atoms with Gasteiger partial charge < -0.3 is 23.4 Å². The van der Waals surface area contributed by atoms with Crippen molar-refractivity contribution in [3.8, 4) is 5.75 Å². The van der Waals surface area contributed by atoms with E-state index in [1.54, 1.807) is 44.6 Å². The number of hydrogen-bond donors (Lipinski definition) is 0. The second-order valence-electron chi connectivity index (χ2n) is 12.4. The van der Waals surface area contributed by atoms with Gasteiger partial charge in [-0.2, -0.15) is 8.42 Å². The van der Waals surface area contributed by atoms with Crippen LogP contribution in [0, 0.1) is 12.8 Å². The minimum absolute atomic E-state index is 0.00380. The molecule has 0 bridgehead atoms. The van der Waals surface area contributed by atoms with Crippen molar-refractivity contribution in [2.24, 2.45) is 5.92 Å². The molecule has 0 heterocycles. The first kappa shape index (κ1) is 37.1. The first-order valence-corrected chi connectivity index (χ1v) is 19.1. The standard InChI is InChI=1S/C33H52O8SSi/c1-10-11-28(24-40-42(34,35)31-18-12-26(2)13-19-31)32(39-25-36-6)22-30(41-43(8,9)33(3,4)5)20-21-38-23-27-14-16-29(37-7)17-15-27/h10,12-19,28,30,32H,1,11,20-25H2,2-9H3/t28-,30-,32-/m1/s1. The molecule has 0 fully saturated rings. The van der Waals surface area contributed by atoms with Crippen molar-refractivity contribution in [3.05, 3.63) is 72.3 Å². The summed E-state index contributed by atoms with van der Waals surface area (Å²) >= 11 is 0. The monoisotopic (exact) mass is 636 g/mol. The van der Waals surface area contributed by atoms with Crippen LogP contribution in [0.2, 0.25) is 18.1 Å². The number of allylic oxidation sites excluding steroid dienone is 1. The number of ether oxygens (including phenoxy) is 4. The Morgan fingerprint density at radius 3 is 2.21 bits per heavy atom. The molecule has 0 saturated heterocycles. The van der Waals surface area contributed by atoms with Gasteiger partial charge >= 0.3 is 0 Å². The number of rotatable bonds is 20. The van der Waals surface area contributed by atoms with Crippen LogP contribution in [0.15, 0.2) is 66.1 Å². The van der Waals surface area contributed by atoms with Crippen LogP contribution in [-0.2, 0) is 39.5 Å². The summed E-state index contributed by atoms with van der Waals surface area (Å²) in [7, 11) is -2.89. The summed E-state index contributed by atoms with van der Waals surface area (Å²) in [5.41, 5.74) is 2.03. The van der Waals surface area contributed by atoms with Gasteiger partial charge in [-0.25, -0.2) is 0 Å². The lowest BCUT2D eigenvalue weighted by atomic mass is 9.94. The molecule has 0 N–H and O–H groups in total. The van der Waals surface area contributed by atoms with E-state index in [1.807, 2.05) is 31.2 Å². The van der Waals surface area contributed by atoms with E-state index >= 15 is 0 Å². The largest absolute Gasteiger partial charge is 0.497 e. The highest BCUT2D eigenvalue weighted by Gasteiger charge is 2.40. The summed E-state index contributed by atoms with van der Waals surface area (Å²) in [5.74, 6) is 0.511. The molecule has 3 atom stereocenters. The first-order valence-electron chi connectivity index (χ1n) is 14.8. The fraction of sp³-hybridized carbons (Fsp3) is 0.576. The molecule has 2 rings (SSSR count). The van der Waals surface area contributed by atoms with Crippen LogP contribution in [0.5, 0.6) is 5.75 Å². The molecule has 0 aliphatic carbocycles. The molecular weight excluding hydrogens is 585 g/mol. The van der Waals surface area contributed by atoms with Gasteiger partial charge in [0.25, 0.3) is 10.1 Å². The second-order valence-corrected chi connectivity index (χ2v) is 18.7. The average molecular weight is 637 g/mol. The maximum Gasteiger partial charge on any atom is 0.296 e. The van der Waals surface area contributed by atoms with Crippen LogP contribution in [0.4, 0.5) is 0 Å². The molecule has 0 aliphatic heterocycles. The highest BCUT2D eigenvalue weighted by Crippen LogP contribution is 2.38. The highest BCUT2D eigenvalue weighted by molar-refractivity contribution is 7.86. The van der Waals surface area contributed by atoms with E-state index in [2.05, 4.69) is 40.4 Å². The molecule has 0 saturated carbocycles. The van der Waals surface area contributed by atoms with Crippen LogP contribution in [0.3, 0.4) is 0 Å². The molecule has 242 valence electrons. The van der Waals surface area contributed by atoms with Crippen molar-refractivity contribution in [2.45, 2.75) is 88.8 Å². The predicted octanol–water partition coefficient (Wildman–Crippen LogP) is 7.28. The molecule has 43 heavy (non-hydrogen) atoms. The molecular formula is C33H52O8SSi. The minimum Gasteiger partial charge on any atom is -0.497 e. The lowest BCUT2D eigenvalue weighted by Gasteiger charge is -2.40. The van der Waals surface area contributed by atoms with Gasteiger partial charge in [-0.3, -0.25) is 4.18 Å². The van der Waals surface area contributed by atoms with E-state index < -0.39 is 24.5 Å².